The van der Waals surface area contributed by atoms with E-state index in [4.69, 9.17) is 0 Å². The van der Waals surface area contributed by atoms with Crippen LogP contribution in [0, 0.1) is 0 Å². The van der Waals surface area contributed by atoms with Crippen molar-refractivity contribution in [3.8, 4) is 33.9 Å². The predicted octanol–water partition coefficient (Wildman–Crippen LogP) is 4.27. The van der Waals surface area contributed by atoms with E-state index in [9.17, 15) is 0 Å². The summed E-state index contributed by atoms with van der Waals surface area (Å²) in [4.78, 5) is 17.7. The summed E-state index contributed by atoms with van der Waals surface area (Å²) in [5.74, 6) is 1.31. The fraction of sp³-hybridized carbons (Fsp3) is 0. The van der Waals surface area contributed by atoms with Gasteiger partial charge in [0.15, 0.2) is 11.6 Å². The highest BCUT2D eigenvalue weighted by Crippen LogP contribution is 2.20. The first-order valence-electron chi connectivity index (χ1n) is 7.65. The van der Waals surface area contributed by atoms with Gasteiger partial charge < -0.3 is 0 Å². The van der Waals surface area contributed by atoms with Crippen LogP contribution in [-0.2, 0) is 0 Å². The second-order valence-electron chi connectivity index (χ2n) is 5.32. The third kappa shape index (κ3) is 2.90. The lowest BCUT2D eigenvalue weighted by atomic mass is 10.1. The van der Waals surface area contributed by atoms with Gasteiger partial charge >= 0.3 is 0 Å². The average Bonchev–Trinajstić information content (AvgIpc) is 2.70. The SMILES string of the molecule is c1ccc(-c2cnc(-c3cnc(-c4ccccc4)nc3)nc2)cc1. The van der Waals surface area contributed by atoms with Gasteiger partial charge in [0.2, 0.25) is 0 Å². The summed E-state index contributed by atoms with van der Waals surface area (Å²) < 4.78 is 0. The molecule has 4 heteroatoms. The first-order valence-corrected chi connectivity index (χ1v) is 7.65. The molecule has 0 amide bonds. The van der Waals surface area contributed by atoms with Gasteiger partial charge in [-0.2, -0.15) is 0 Å². The van der Waals surface area contributed by atoms with Crippen molar-refractivity contribution in [2.75, 3.05) is 0 Å². The molecule has 114 valence electrons. The van der Waals surface area contributed by atoms with Crippen molar-refractivity contribution in [3.05, 3.63) is 85.5 Å². The van der Waals surface area contributed by atoms with Crippen molar-refractivity contribution in [2.45, 2.75) is 0 Å². The van der Waals surface area contributed by atoms with Gasteiger partial charge in [-0.3, -0.25) is 0 Å². The Hall–Kier alpha value is -3.40. The van der Waals surface area contributed by atoms with E-state index < -0.39 is 0 Å². The Morgan fingerprint density at radius 1 is 0.375 bits per heavy atom. The Kier molecular flexibility index (Phi) is 3.78. The molecule has 24 heavy (non-hydrogen) atoms. The minimum absolute atomic E-state index is 0.620. The molecule has 2 aromatic carbocycles. The molecule has 0 aliphatic rings. The molecule has 0 unspecified atom stereocenters. The van der Waals surface area contributed by atoms with Gasteiger partial charge in [0.05, 0.1) is 5.56 Å². The van der Waals surface area contributed by atoms with Crippen molar-refractivity contribution >= 4 is 0 Å². The highest BCUT2D eigenvalue weighted by molar-refractivity contribution is 5.63. The Labute approximate surface area is 139 Å². The molecule has 4 nitrogen and oxygen atoms in total. The number of rotatable bonds is 3. The first kappa shape index (κ1) is 14.2. The summed E-state index contributed by atoms with van der Waals surface area (Å²) in [7, 11) is 0. The summed E-state index contributed by atoms with van der Waals surface area (Å²) >= 11 is 0. The Bertz CT molecular complexity index is 838. The third-order valence-electron chi connectivity index (χ3n) is 3.70. The summed E-state index contributed by atoms with van der Waals surface area (Å²) in [6.45, 7) is 0. The zero-order valence-corrected chi connectivity index (χ0v) is 12.9. The molecule has 0 N–H and O–H groups in total. The maximum absolute atomic E-state index is 4.44. The van der Waals surface area contributed by atoms with E-state index >= 15 is 0 Å². The number of aromatic nitrogens is 4. The monoisotopic (exact) mass is 310 g/mol. The van der Waals surface area contributed by atoms with Crippen LogP contribution in [0.15, 0.2) is 85.5 Å². The van der Waals surface area contributed by atoms with Crippen molar-refractivity contribution in [1.29, 1.82) is 0 Å². The molecule has 0 atom stereocenters. The molecule has 2 heterocycles. The number of hydrogen-bond acceptors (Lipinski definition) is 4. The van der Waals surface area contributed by atoms with E-state index in [0.29, 0.717) is 11.6 Å². The maximum atomic E-state index is 4.44. The van der Waals surface area contributed by atoms with Gasteiger partial charge in [0, 0.05) is 35.9 Å². The molecule has 4 aromatic rings. The summed E-state index contributed by atoms with van der Waals surface area (Å²) in [5, 5.41) is 0. The van der Waals surface area contributed by atoms with E-state index in [2.05, 4.69) is 19.9 Å². The maximum Gasteiger partial charge on any atom is 0.162 e. The predicted molar refractivity (Wildman–Crippen MR) is 93.9 cm³/mol. The number of nitrogens with zero attached hydrogens (tertiary/aromatic N) is 4. The average molecular weight is 310 g/mol. The van der Waals surface area contributed by atoms with Crippen molar-refractivity contribution in [3.63, 3.8) is 0 Å². The highest BCUT2D eigenvalue weighted by atomic mass is 14.9. The zero-order chi connectivity index (χ0) is 16.2. The molecular formula is C20H14N4. The second kappa shape index (κ2) is 6.38. The van der Waals surface area contributed by atoms with Crippen LogP contribution in [0.4, 0.5) is 0 Å². The standard InChI is InChI=1S/C20H14N4/c1-3-7-15(8-4-1)17-11-21-20(22-12-17)18-13-23-19(24-14-18)16-9-5-2-6-10-16/h1-14H. The number of benzene rings is 2. The van der Waals surface area contributed by atoms with Crippen LogP contribution in [0.3, 0.4) is 0 Å². The van der Waals surface area contributed by atoms with Crippen LogP contribution in [-0.4, -0.2) is 19.9 Å². The molecule has 0 bridgehead atoms. The fourth-order valence-corrected chi connectivity index (χ4v) is 2.44. The molecule has 4 rings (SSSR count). The molecule has 0 aliphatic carbocycles. The quantitative estimate of drug-likeness (QED) is 0.567. The van der Waals surface area contributed by atoms with Gasteiger partial charge in [-0.25, -0.2) is 19.9 Å². The van der Waals surface area contributed by atoms with Crippen molar-refractivity contribution in [1.82, 2.24) is 19.9 Å². The molecule has 0 saturated carbocycles. The van der Waals surface area contributed by atoms with E-state index in [0.717, 1.165) is 22.3 Å². The topological polar surface area (TPSA) is 51.6 Å². The van der Waals surface area contributed by atoms with Crippen LogP contribution in [0.2, 0.25) is 0 Å². The van der Waals surface area contributed by atoms with Gasteiger partial charge in [0.25, 0.3) is 0 Å². The third-order valence-corrected chi connectivity index (χ3v) is 3.70. The molecule has 0 fully saturated rings. The van der Waals surface area contributed by atoms with E-state index in [1.807, 2.05) is 73.1 Å². The number of hydrogen-bond donors (Lipinski definition) is 0. The minimum atomic E-state index is 0.620. The lowest BCUT2D eigenvalue weighted by molar-refractivity contribution is 1.13. The molecule has 2 aromatic heterocycles. The molecule has 0 radical (unpaired) electrons. The summed E-state index contributed by atoms with van der Waals surface area (Å²) in [6.07, 6.45) is 7.16. The zero-order valence-electron chi connectivity index (χ0n) is 12.9. The second-order valence-corrected chi connectivity index (χ2v) is 5.32. The van der Waals surface area contributed by atoms with Crippen LogP contribution in [0.5, 0.6) is 0 Å². The van der Waals surface area contributed by atoms with Crippen molar-refractivity contribution < 1.29 is 0 Å². The van der Waals surface area contributed by atoms with Gasteiger partial charge in [-0.15, -0.1) is 0 Å². The van der Waals surface area contributed by atoms with Crippen LogP contribution >= 0.6 is 0 Å². The fourth-order valence-electron chi connectivity index (χ4n) is 2.44. The Morgan fingerprint density at radius 2 is 0.792 bits per heavy atom. The van der Waals surface area contributed by atoms with E-state index in [-0.39, 0.29) is 0 Å². The smallest absolute Gasteiger partial charge is 0.162 e. The molecule has 0 aliphatic heterocycles. The van der Waals surface area contributed by atoms with E-state index in [1.54, 1.807) is 12.4 Å². The van der Waals surface area contributed by atoms with Gasteiger partial charge in [0.1, 0.15) is 0 Å². The molecule has 0 spiro atoms. The minimum Gasteiger partial charge on any atom is -0.236 e. The van der Waals surface area contributed by atoms with Crippen LogP contribution in [0.1, 0.15) is 0 Å². The summed E-state index contributed by atoms with van der Waals surface area (Å²) in [5.41, 5.74) is 3.87. The van der Waals surface area contributed by atoms with Gasteiger partial charge in [-0.05, 0) is 5.56 Å². The molecule has 0 saturated heterocycles. The summed E-state index contributed by atoms with van der Waals surface area (Å²) in [6, 6.07) is 20.0. The van der Waals surface area contributed by atoms with Crippen molar-refractivity contribution in [2.24, 2.45) is 0 Å². The lowest BCUT2D eigenvalue weighted by Gasteiger charge is -2.04. The van der Waals surface area contributed by atoms with Gasteiger partial charge in [-0.1, -0.05) is 60.7 Å². The Balaban J connectivity index is 1.60. The highest BCUT2D eigenvalue weighted by Gasteiger charge is 2.06. The lowest BCUT2D eigenvalue weighted by Crippen LogP contribution is -1.93. The Morgan fingerprint density at radius 3 is 1.33 bits per heavy atom. The van der Waals surface area contributed by atoms with Crippen LogP contribution in [0.25, 0.3) is 33.9 Å². The molecular weight excluding hydrogens is 296 g/mol. The van der Waals surface area contributed by atoms with Crippen LogP contribution < -0.4 is 0 Å². The van der Waals surface area contributed by atoms with E-state index in [1.165, 1.54) is 0 Å². The normalized spacial score (nSPS) is 10.5. The first-order chi connectivity index (χ1) is 11.9. The largest absolute Gasteiger partial charge is 0.236 e.